The molecule has 1 saturated carbocycles. The Bertz CT molecular complexity index is 1250. The van der Waals surface area contributed by atoms with Crippen LogP contribution < -0.4 is 3.77 Å². The summed E-state index contributed by atoms with van der Waals surface area (Å²) in [6.07, 6.45) is 9.67. The van der Waals surface area contributed by atoms with Crippen molar-refractivity contribution in [2.75, 3.05) is 0 Å². The summed E-state index contributed by atoms with van der Waals surface area (Å²) in [4.78, 5) is 11.7. The summed E-state index contributed by atoms with van der Waals surface area (Å²) >= 11 is -0.0538. The van der Waals surface area contributed by atoms with Crippen LogP contribution in [0.15, 0.2) is 67.1 Å². The van der Waals surface area contributed by atoms with E-state index in [-0.39, 0.29) is 0 Å². The number of nitrogens with one attached hydrogen (secondary N) is 2. The molecule has 181 valence electrons. The first-order chi connectivity index (χ1) is 17.0. The Labute approximate surface area is 224 Å². The molecule has 1 unspecified atom stereocenters. The SMILES string of the molecule is OC#Cc1ccc(-c2ccc(C3CC(c4cn[nH]n4)C3)cc2)cc1.[CH3][Sb]([CH3])([O]PI)[c]1ncc[nH]1. The van der Waals surface area contributed by atoms with Crippen LogP contribution in [0.3, 0.4) is 0 Å². The summed E-state index contributed by atoms with van der Waals surface area (Å²) in [5.74, 6) is 3.78. The molecule has 5 rings (SSSR count). The van der Waals surface area contributed by atoms with E-state index in [1.54, 1.807) is 6.20 Å². The number of hydrogen-bond acceptors (Lipinski definition) is 5. The summed E-state index contributed by atoms with van der Waals surface area (Å²) in [6.45, 7) is 0.546. The summed E-state index contributed by atoms with van der Waals surface area (Å²) < 4.78 is 6.77. The predicted molar refractivity (Wildman–Crippen MR) is 151 cm³/mol. The van der Waals surface area contributed by atoms with Crippen LogP contribution in [0.4, 0.5) is 0 Å². The summed E-state index contributed by atoms with van der Waals surface area (Å²) in [7, 11) is 0. The minimum atomic E-state index is -2.31. The number of rotatable bonds is 6. The van der Waals surface area contributed by atoms with Crippen LogP contribution in [0.25, 0.3) is 11.1 Å². The molecule has 2 aromatic heterocycles. The number of halogens is 1. The third-order valence-electron chi connectivity index (χ3n) is 6.05. The molecular formula is C25H27IN5O2PSb. The minimum absolute atomic E-state index is 0.536. The average molecular weight is 709 g/mol. The van der Waals surface area contributed by atoms with Crippen molar-refractivity contribution in [3.05, 3.63) is 83.9 Å². The maximum absolute atomic E-state index is 8.63. The van der Waals surface area contributed by atoms with Gasteiger partial charge in [0.25, 0.3) is 0 Å². The van der Waals surface area contributed by atoms with Crippen molar-refractivity contribution < 1.29 is 7.91 Å². The zero-order valence-corrected chi connectivity index (χ0v) is 25.2. The van der Waals surface area contributed by atoms with Crippen molar-refractivity contribution in [1.29, 1.82) is 0 Å². The van der Waals surface area contributed by atoms with Gasteiger partial charge in [0.1, 0.15) is 6.11 Å². The zero-order valence-electron chi connectivity index (χ0n) is 19.4. The molecule has 7 nitrogen and oxygen atoms in total. The van der Waals surface area contributed by atoms with Crippen LogP contribution in [-0.4, -0.2) is 49.7 Å². The first-order valence-corrected chi connectivity index (χ1v) is 22.5. The Morgan fingerprint density at radius 1 is 1.06 bits per heavy atom. The third kappa shape index (κ3) is 6.86. The summed E-state index contributed by atoms with van der Waals surface area (Å²) in [5, 5.41) is 19.4. The Kier molecular flexibility index (Phi) is 9.24. The van der Waals surface area contributed by atoms with E-state index in [4.69, 9.17) is 7.91 Å². The molecule has 1 radical (unpaired) electrons. The maximum atomic E-state index is 8.63. The van der Waals surface area contributed by atoms with Crippen LogP contribution in [0.1, 0.15) is 41.5 Å². The van der Waals surface area contributed by atoms with E-state index < -0.39 is 19.2 Å². The van der Waals surface area contributed by atoms with Gasteiger partial charge in [-0.05, 0) is 53.5 Å². The van der Waals surface area contributed by atoms with Gasteiger partial charge in [-0.3, -0.25) is 0 Å². The number of imidazole rings is 1. The van der Waals surface area contributed by atoms with Gasteiger partial charge in [-0.25, -0.2) is 0 Å². The van der Waals surface area contributed by atoms with Crippen LogP contribution in [0, 0.1) is 12.0 Å². The van der Waals surface area contributed by atoms with Gasteiger partial charge in [-0.2, -0.15) is 15.4 Å². The predicted octanol–water partition coefficient (Wildman–Crippen LogP) is 5.60. The van der Waals surface area contributed by atoms with Crippen LogP contribution >= 0.6 is 28.5 Å². The molecule has 0 spiro atoms. The van der Waals surface area contributed by atoms with E-state index in [2.05, 4.69) is 87.3 Å². The van der Waals surface area contributed by atoms with E-state index in [0.29, 0.717) is 18.3 Å². The molecule has 3 N–H and O–H groups in total. The van der Waals surface area contributed by atoms with E-state index >= 15 is 0 Å². The van der Waals surface area contributed by atoms with Crippen LogP contribution in [0.5, 0.6) is 0 Å². The fourth-order valence-corrected chi connectivity index (χ4v) is 18.4. The molecule has 2 aromatic carbocycles. The van der Waals surface area contributed by atoms with Crippen molar-refractivity contribution in [2.45, 2.75) is 34.4 Å². The fourth-order valence-electron chi connectivity index (χ4n) is 3.98. The second kappa shape index (κ2) is 12.4. The quantitative estimate of drug-likeness (QED) is 0.105. The summed E-state index contributed by atoms with van der Waals surface area (Å²) in [5.41, 5.74) is 5.62. The molecule has 1 atom stereocenters. The average Bonchev–Trinajstić information content (AvgIpc) is 3.55. The van der Waals surface area contributed by atoms with Crippen LogP contribution in [-0.2, 0) is 2.80 Å². The molecule has 0 saturated heterocycles. The standard InChI is InChI=1S/C20H17N3O.C3H3N2.2CH3.HIOP.Sb/c24-10-9-14-1-3-15(4-2-14)16-5-7-17(8-6-16)18-11-19(12-18)20-13-21-23-22-20;1-2-5-3-4-1;;;1-3-2;/h1-8,13,18-19,24H,11-12H2,(H,21,22,23);1-2H,(H,4,5);2*1H3;3H;/q;;;;-1;+1. The first-order valence-electron chi connectivity index (χ1n) is 11.1. The second-order valence-corrected chi connectivity index (χ2v) is 20.8. The Hall–Kier alpha value is -1.91. The molecule has 1 aliphatic rings. The molecule has 0 aliphatic heterocycles. The van der Waals surface area contributed by atoms with Gasteiger partial charge in [0.2, 0.25) is 0 Å². The fraction of sp³-hybridized carbons (Fsp3) is 0.240. The number of aliphatic hydroxyl groups is 1. The summed E-state index contributed by atoms with van der Waals surface area (Å²) in [6, 6.07) is 16.7. The van der Waals surface area contributed by atoms with Gasteiger partial charge in [0.05, 0.1) is 11.9 Å². The van der Waals surface area contributed by atoms with E-state index in [1.165, 1.54) is 11.1 Å². The zero-order chi connectivity index (χ0) is 24.7. The first kappa shape index (κ1) is 26.2. The van der Waals surface area contributed by atoms with Gasteiger partial charge in [0, 0.05) is 11.5 Å². The molecule has 0 amide bonds. The number of nitrogens with zero attached hydrogens (tertiary/aromatic N) is 3. The monoisotopic (exact) mass is 708 g/mol. The Morgan fingerprint density at radius 2 is 1.74 bits per heavy atom. The van der Waals surface area contributed by atoms with E-state index in [0.717, 1.165) is 33.4 Å². The van der Waals surface area contributed by atoms with Gasteiger partial charge >= 0.3 is 86.4 Å². The number of aliphatic hydroxyl groups excluding tert-OH is 1. The van der Waals surface area contributed by atoms with Gasteiger partial charge in [-0.15, -0.1) is 0 Å². The third-order valence-corrected chi connectivity index (χ3v) is 18.6. The van der Waals surface area contributed by atoms with Gasteiger partial charge < -0.3 is 5.11 Å². The van der Waals surface area contributed by atoms with Gasteiger partial charge in [-0.1, -0.05) is 36.4 Å². The normalized spacial score (nSPS) is 17.2. The van der Waals surface area contributed by atoms with Crippen molar-refractivity contribution >= 4 is 51.5 Å². The number of benzene rings is 2. The Balaban J connectivity index is 0.000000221. The van der Waals surface area contributed by atoms with Gasteiger partial charge in [0.15, 0.2) is 0 Å². The van der Waals surface area contributed by atoms with Crippen molar-refractivity contribution in [2.24, 2.45) is 0 Å². The molecule has 0 bridgehead atoms. The topological polar surface area (TPSA) is 99.7 Å². The molecular weight excluding hydrogens is 682 g/mol. The van der Waals surface area contributed by atoms with E-state index in [1.807, 2.05) is 42.8 Å². The number of H-pyrrole nitrogens is 2. The Morgan fingerprint density at radius 3 is 2.29 bits per heavy atom. The molecule has 1 aliphatic carbocycles. The second-order valence-electron chi connectivity index (χ2n) is 8.63. The number of aromatic amines is 2. The molecule has 10 heteroatoms. The molecule has 35 heavy (non-hydrogen) atoms. The van der Waals surface area contributed by atoms with Crippen LogP contribution in [0.2, 0.25) is 9.74 Å². The van der Waals surface area contributed by atoms with Crippen molar-refractivity contribution in [3.8, 4) is 23.2 Å². The molecule has 1 fully saturated rings. The number of aromatic nitrogens is 5. The number of hydrogen-bond donors (Lipinski definition) is 3. The molecule has 4 aromatic rings. The molecule has 2 heterocycles. The van der Waals surface area contributed by atoms with Crippen molar-refractivity contribution in [3.63, 3.8) is 0 Å². The van der Waals surface area contributed by atoms with Crippen molar-refractivity contribution in [1.82, 2.24) is 25.4 Å². The van der Waals surface area contributed by atoms with E-state index in [9.17, 15) is 0 Å².